The van der Waals surface area contributed by atoms with E-state index < -0.39 is 11.9 Å². The maximum Gasteiger partial charge on any atom is 0.241 e. The van der Waals surface area contributed by atoms with Crippen LogP contribution in [0.25, 0.3) is 0 Å². The summed E-state index contributed by atoms with van der Waals surface area (Å²) in [6.45, 7) is 2.16. The quantitative estimate of drug-likeness (QED) is 0.790. The number of carbonyl (C=O) groups excluding carboxylic acids is 1. The summed E-state index contributed by atoms with van der Waals surface area (Å²) >= 11 is 12.0. The van der Waals surface area contributed by atoms with Crippen LogP contribution < -0.4 is 10.1 Å². The van der Waals surface area contributed by atoms with Crippen LogP contribution in [0, 0.1) is 5.82 Å². The van der Waals surface area contributed by atoms with Gasteiger partial charge in [0.2, 0.25) is 5.91 Å². The molecule has 2 aromatic carbocycles. The molecule has 134 valence electrons. The number of nitrogens with one attached hydrogen (secondary N) is 1. The van der Waals surface area contributed by atoms with Crippen molar-refractivity contribution in [3.8, 4) is 5.75 Å². The Labute approximate surface area is 156 Å². The molecule has 25 heavy (non-hydrogen) atoms. The second-order valence-corrected chi connectivity index (χ2v) is 6.44. The molecule has 4 nitrogen and oxygen atoms in total. The molecule has 1 amide bonds. The molecule has 0 aliphatic rings. The number of methoxy groups -OCH3 is 1. The maximum atomic E-state index is 13.8. The molecular formula is C18H19Cl2FN2O2. The average Bonchev–Trinajstić information content (AvgIpc) is 2.58. The standard InChI is InChI=1S/C18H19Cl2FN2O2/c1-11(18(24)22-15-6-4-5-13(19)17(15)20)23(2)10-12-7-8-16(25-3)14(21)9-12/h4-9,11H,10H2,1-3H3,(H,22,24). The van der Waals surface area contributed by atoms with Crippen LogP contribution in [0.2, 0.25) is 10.0 Å². The fourth-order valence-corrected chi connectivity index (χ4v) is 2.62. The molecule has 0 aromatic heterocycles. The fourth-order valence-electron chi connectivity index (χ4n) is 2.27. The molecule has 0 aliphatic carbocycles. The van der Waals surface area contributed by atoms with E-state index in [1.165, 1.54) is 13.2 Å². The number of hydrogen-bond acceptors (Lipinski definition) is 3. The van der Waals surface area contributed by atoms with Crippen molar-refractivity contribution in [2.24, 2.45) is 0 Å². The van der Waals surface area contributed by atoms with Crippen LogP contribution in [0.15, 0.2) is 36.4 Å². The Morgan fingerprint density at radius 2 is 2.04 bits per heavy atom. The van der Waals surface area contributed by atoms with E-state index in [4.69, 9.17) is 27.9 Å². The summed E-state index contributed by atoms with van der Waals surface area (Å²) in [5.41, 5.74) is 1.19. The van der Waals surface area contributed by atoms with Crippen LogP contribution >= 0.6 is 23.2 Å². The Morgan fingerprint density at radius 1 is 1.32 bits per heavy atom. The largest absolute Gasteiger partial charge is 0.494 e. The highest BCUT2D eigenvalue weighted by Crippen LogP contribution is 2.29. The van der Waals surface area contributed by atoms with E-state index in [1.54, 1.807) is 49.2 Å². The number of ether oxygens (including phenoxy) is 1. The molecule has 0 saturated heterocycles. The van der Waals surface area contributed by atoms with E-state index in [0.717, 1.165) is 5.56 Å². The SMILES string of the molecule is COc1ccc(CN(C)C(C)C(=O)Nc2cccc(Cl)c2Cl)cc1F. The predicted molar refractivity (Wildman–Crippen MR) is 99.0 cm³/mol. The van der Waals surface area contributed by atoms with Crippen molar-refractivity contribution in [3.05, 3.63) is 57.8 Å². The molecule has 2 rings (SSSR count). The third-order valence-corrected chi connectivity index (χ3v) is 4.72. The first-order valence-corrected chi connectivity index (χ1v) is 8.36. The first kappa shape index (κ1) is 19.5. The fraction of sp³-hybridized carbons (Fsp3) is 0.278. The first-order valence-electron chi connectivity index (χ1n) is 7.61. The zero-order valence-corrected chi connectivity index (χ0v) is 15.7. The summed E-state index contributed by atoms with van der Waals surface area (Å²) in [6, 6.07) is 9.29. The van der Waals surface area contributed by atoms with Gasteiger partial charge in [0.25, 0.3) is 0 Å². The zero-order chi connectivity index (χ0) is 18.6. The van der Waals surface area contributed by atoms with Gasteiger partial charge in [0.15, 0.2) is 11.6 Å². The molecule has 0 aliphatic heterocycles. The maximum absolute atomic E-state index is 13.8. The minimum atomic E-state index is -0.458. The second-order valence-electron chi connectivity index (χ2n) is 5.65. The summed E-state index contributed by atoms with van der Waals surface area (Å²) in [5, 5.41) is 3.42. The first-order chi connectivity index (χ1) is 11.8. The monoisotopic (exact) mass is 384 g/mol. The van der Waals surface area contributed by atoms with Gasteiger partial charge in [-0.2, -0.15) is 0 Å². The predicted octanol–water partition coefficient (Wildman–Crippen LogP) is 4.60. The van der Waals surface area contributed by atoms with Gasteiger partial charge in [-0.25, -0.2) is 4.39 Å². The molecule has 1 unspecified atom stereocenters. The molecule has 1 N–H and O–H groups in total. The van der Waals surface area contributed by atoms with Crippen LogP contribution in [-0.2, 0) is 11.3 Å². The normalized spacial score (nSPS) is 12.1. The minimum absolute atomic E-state index is 0.188. The summed E-state index contributed by atoms with van der Waals surface area (Å²) in [4.78, 5) is 14.2. The molecule has 1 atom stereocenters. The molecule has 2 aromatic rings. The third-order valence-electron chi connectivity index (χ3n) is 3.90. The Morgan fingerprint density at radius 3 is 2.68 bits per heavy atom. The van der Waals surface area contributed by atoms with Crippen LogP contribution in [0.4, 0.5) is 10.1 Å². The Hall–Kier alpha value is -1.82. The van der Waals surface area contributed by atoms with Crippen molar-refractivity contribution in [2.75, 3.05) is 19.5 Å². The topological polar surface area (TPSA) is 41.6 Å². The third kappa shape index (κ3) is 4.84. The van der Waals surface area contributed by atoms with E-state index in [-0.39, 0.29) is 11.7 Å². The van der Waals surface area contributed by atoms with Crippen molar-refractivity contribution < 1.29 is 13.9 Å². The highest BCUT2D eigenvalue weighted by atomic mass is 35.5. The molecule has 0 heterocycles. The molecule has 0 saturated carbocycles. The van der Waals surface area contributed by atoms with Crippen LogP contribution in [0.5, 0.6) is 5.75 Å². The zero-order valence-electron chi connectivity index (χ0n) is 14.1. The van der Waals surface area contributed by atoms with Crippen LogP contribution in [-0.4, -0.2) is 31.0 Å². The smallest absolute Gasteiger partial charge is 0.241 e. The van der Waals surface area contributed by atoms with Gasteiger partial charge in [-0.15, -0.1) is 0 Å². The molecule has 0 fully saturated rings. The van der Waals surface area contributed by atoms with E-state index in [0.29, 0.717) is 22.3 Å². The van der Waals surface area contributed by atoms with Gasteiger partial charge in [0.05, 0.1) is 28.9 Å². The minimum Gasteiger partial charge on any atom is -0.494 e. The Kier molecular flexibility index (Phi) is 6.64. The molecule has 0 spiro atoms. The Balaban J connectivity index is 2.03. The number of amides is 1. The van der Waals surface area contributed by atoms with Crippen molar-refractivity contribution in [2.45, 2.75) is 19.5 Å². The van der Waals surface area contributed by atoms with Gasteiger partial charge in [0.1, 0.15) is 0 Å². The van der Waals surface area contributed by atoms with Crippen molar-refractivity contribution in [1.82, 2.24) is 4.90 Å². The van der Waals surface area contributed by atoms with Gasteiger partial charge in [0, 0.05) is 6.54 Å². The number of rotatable bonds is 6. The lowest BCUT2D eigenvalue weighted by Crippen LogP contribution is -2.39. The molecule has 0 bridgehead atoms. The second kappa shape index (κ2) is 8.52. The number of hydrogen-bond donors (Lipinski definition) is 1. The average molecular weight is 385 g/mol. The summed E-state index contributed by atoms with van der Waals surface area (Å²) < 4.78 is 18.7. The summed E-state index contributed by atoms with van der Waals surface area (Å²) in [7, 11) is 3.20. The molecule has 0 radical (unpaired) electrons. The lowest BCUT2D eigenvalue weighted by molar-refractivity contribution is -0.120. The van der Waals surface area contributed by atoms with Crippen molar-refractivity contribution in [3.63, 3.8) is 0 Å². The van der Waals surface area contributed by atoms with Crippen LogP contribution in [0.3, 0.4) is 0 Å². The number of anilines is 1. The van der Waals surface area contributed by atoms with Crippen molar-refractivity contribution >= 4 is 34.8 Å². The highest BCUT2D eigenvalue weighted by molar-refractivity contribution is 6.44. The number of benzene rings is 2. The van der Waals surface area contributed by atoms with Gasteiger partial charge < -0.3 is 10.1 Å². The molecule has 7 heteroatoms. The van der Waals surface area contributed by atoms with E-state index in [2.05, 4.69) is 5.32 Å². The molecular weight excluding hydrogens is 366 g/mol. The van der Waals surface area contributed by atoms with Crippen LogP contribution in [0.1, 0.15) is 12.5 Å². The van der Waals surface area contributed by atoms with Gasteiger partial charge >= 0.3 is 0 Å². The highest BCUT2D eigenvalue weighted by Gasteiger charge is 2.20. The number of halogens is 3. The number of nitrogens with zero attached hydrogens (tertiary/aromatic N) is 1. The number of carbonyl (C=O) groups is 1. The summed E-state index contributed by atoms with van der Waals surface area (Å²) in [5.74, 6) is -0.482. The lowest BCUT2D eigenvalue weighted by atomic mass is 10.1. The van der Waals surface area contributed by atoms with E-state index in [9.17, 15) is 9.18 Å². The van der Waals surface area contributed by atoms with Crippen molar-refractivity contribution in [1.29, 1.82) is 0 Å². The Bertz CT molecular complexity index is 771. The number of likely N-dealkylation sites (N-methyl/N-ethyl adjacent to an activating group) is 1. The van der Waals surface area contributed by atoms with Gasteiger partial charge in [-0.1, -0.05) is 35.3 Å². The van der Waals surface area contributed by atoms with E-state index >= 15 is 0 Å². The lowest BCUT2D eigenvalue weighted by Gasteiger charge is -2.24. The van der Waals surface area contributed by atoms with Gasteiger partial charge in [-0.05, 0) is 43.8 Å². The van der Waals surface area contributed by atoms with Gasteiger partial charge in [-0.3, -0.25) is 9.69 Å². The summed E-state index contributed by atoms with van der Waals surface area (Å²) in [6.07, 6.45) is 0. The van der Waals surface area contributed by atoms with E-state index in [1.807, 2.05) is 0 Å².